The Bertz CT molecular complexity index is 376. The van der Waals surface area contributed by atoms with E-state index in [1.807, 2.05) is 6.07 Å². The third-order valence-electron chi connectivity index (χ3n) is 3.24. The van der Waals surface area contributed by atoms with Crippen LogP contribution in [0.1, 0.15) is 17.9 Å². The van der Waals surface area contributed by atoms with Gasteiger partial charge in [0.15, 0.2) is 0 Å². The molecule has 0 aromatic heterocycles. The highest BCUT2D eigenvalue weighted by Crippen LogP contribution is 2.20. The van der Waals surface area contributed by atoms with Crippen LogP contribution in [-0.4, -0.2) is 53.7 Å². The van der Waals surface area contributed by atoms with Crippen molar-refractivity contribution in [1.82, 2.24) is 5.32 Å². The lowest BCUT2D eigenvalue weighted by Gasteiger charge is -2.18. The van der Waals surface area contributed by atoms with Crippen molar-refractivity contribution in [2.45, 2.75) is 12.3 Å². The van der Waals surface area contributed by atoms with Crippen LogP contribution >= 0.6 is 0 Å². The molecule has 0 fully saturated rings. The van der Waals surface area contributed by atoms with E-state index in [9.17, 15) is 4.39 Å². The third kappa shape index (κ3) is 8.12. The molecule has 1 aromatic carbocycles. The second kappa shape index (κ2) is 11.6. The molecule has 5 heteroatoms. The zero-order chi connectivity index (χ0) is 15.3. The van der Waals surface area contributed by atoms with Crippen LogP contribution in [0.25, 0.3) is 0 Å². The molecule has 0 saturated heterocycles. The average Bonchev–Trinajstić information content (AvgIpc) is 2.49. The Morgan fingerprint density at radius 3 is 2.62 bits per heavy atom. The van der Waals surface area contributed by atoms with E-state index >= 15 is 0 Å². The van der Waals surface area contributed by atoms with Crippen LogP contribution in [0.5, 0.6) is 0 Å². The summed E-state index contributed by atoms with van der Waals surface area (Å²) in [6.45, 7) is 4.05. The Labute approximate surface area is 126 Å². The van der Waals surface area contributed by atoms with E-state index in [1.54, 1.807) is 26.4 Å². The maximum atomic E-state index is 13.4. The fourth-order valence-corrected chi connectivity index (χ4v) is 2.07. The first-order valence-corrected chi connectivity index (χ1v) is 7.29. The molecule has 1 atom stereocenters. The third-order valence-corrected chi connectivity index (χ3v) is 3.24. The number of benzene rings is 1. The van der Waals surface area contributed by atoms with E-state index in [1.165, 1.54) is 6.07 Å². The highest BCUT2D eigenvalue weighted by atomic mass is 19.1. The molecule has 0 aliphatic heterocycles. The van der Waals surface area contributed by atoms with E-state index < -0.39 is 0 Å². The van der Waals surface area contributed by atoms with E-state index in [0.717, 1.165) is 25.1 Å². The summed E-state index contributed by atoms with van der Waals surface area (Å²) in [6, 6.07) is 6.77. The van der Waals surface area contributed by atoms with Crippen molar-refractivity contribution in [3.63, 3.8) is 0 Å². The molecule has 21 heavy (non-hydrogen) atoms. The quantitative estimate of drug-likeness (QED) is 0.601. The lowest BCUT2D eigenvalue weighted by Crippen LogP contribution is -2.26. The molecule has 120 valence electrons. The van der Waals surface area contributed by atoms with Crippen molar-refractivity contribution >= 4 is 0 Å². The second-order valence-electron chi connectivity index (χ2n) is 4.84. The minimum absolute atomic E-state index is 0.199. The van der Waals surface area contributed by atoms with Gasteiger partial charge in [0.05, 0.1) is 19.8 Å². The Kier molecular flexibility index (Phi) is 9.99. The molecule has 1 aromatic rings. The van der Waals surface area contributed by atoms with Crippen LogP contribution in [0.4, 0.5) is 4.39 Å². The zero-order valence-corrected chi connectivity index (χ0v) is 12.9. The molecule has 0 heterocycles. The number of rotatable bonds is 12. The minimum Gasteiger partial charge on any atom is -0.383 e. The first-order valence-electron chi connectivity index (χ1n) is 7.29. The summed E-state index contributed by atoms with van der Waals surface area (Å²) in [5.41, 5.74) is 0.996. The number of hydrogen-bond donors (Lipinski definition) is 1. The standard InChI is InChI=1S/C16H26FNO3/c1-19-9-7-18-13-15(6-8-21-11-10-20-2)14-4-3-5-16(17)12-14/h3-5,12,15,18H,6-11,13H2,1-2H3. The van der Waals surface area contributed by atoms with Crippen LogP contribution in [-0.2, 0) is 14.2 Å². The van der Waals surface area contributed by atoms with Gasteiger partial charge in [-0.05, 0) is 30.0 Å². The van der Waals surface area contributed by atoms with Gasteiger partial charge >= 0.3 is 0 Å². The van der Waals surface area contributed by atoms with Gasteiger partial charge in [-0.15, -0.1) is 0 Å². The zero-order valence-electron chi connectivity index (χ0n) is 12.9. The highest BCUT2D eigenvalue weighted by molar-refractivity contribution is 5.21. The van der Waals surface area contributed by atoms with Crippen LogP contribution in [0.3, 0.4) is 0 Å². The van der Waals surface area contributed by atoms with Gasteiger partial charge in [-0.3, -0.25) is 0 Å². The van der Waals surface area contributed by atoms with Crippen molar-refractivity contribution in [2.24, 2.45) is 0 Å². The van der Waals surface area contributed by atoms with Crippen molar-refractivity contribution in [3.05, 3.63) is 35.6 Å². The Morgan fingerprint density at radius 2 is 1.90 bits per heavy atom. The second-order valence-corrected chi connectivity index (χ2v) is 4.84. The fourth-order valence-electron chi connectivity index (χ4n) is 2.07. The Balaban J connectivity index is 2.45. The Hall–Kier alpha value is -1.01. The summed E-state index contributed by atoms with van der Waals surface area (Å²) in [6.07, 6.45) is 0.840. The van der Waals surface area contributed by atoms with Crippen molar-refractivity contribution in [3.8, 4) is 0 Å². The van der Waals surface area contributed by atoms with Gasteiger partial charge in [0, 0.05) is 33.9 Å². The first kappa shape index (κ1) is 18.0. The van der Waals surface area contributed by atoms with Gasteiger partial charge in [0.2, 0.25) is 0 Å². The van der Waals surface area contributed by atoms with Crippen molar-refractivity contribution in [1.29, 1.82) is 0 Å². The van der Waals surface area contributed by atoms with Crippen LogP contribution in [0.15, 0.2) is 24.3 Å². The molecular formula is C16H26FNO3. The molecular weight excluding hydrogens is 273 g/mol. The molecule has 0 amide bonds. The molecule has 1 rings (SSSR count). The minimum atomic E-state index is -0.199. The molecule has 0 radical (unpaired) electrons. The van der Waals surface area contributed by atoms with Crippen LogP contribution in [0.2, 0.25) is 0 Å². The first-order chi connectivity index (χ1) is 10.3. The molecule has 1 N–H and O–H groups in total. The van der Waals surface area contributed by atoms with Gasteiger partial charge < -0.3 is 19.5 Å². The maximum absolute atomic E-state index is 13.4. The molecule has 1 unspecified atom stereocenters. The van der Waals surface area contributed by atoms with Gasteiger partial charge in [-0.1, -0.05) is 12.1 Å². The Morgan fingerprint density at radius 1 is 1.10 bits per heavy atom. The monoisotopic (exact) mass is 299 g/mol. The number of hydrogen-bond acceptors (Lipinski definition) is 4. The number of ether oxygens (including phenoxy) is 3. The van der Waals surface area contributed by atoms with E-state index in [-0.39, 0.29) is 11.7 Å². The summed E-state index contributed by atoms with van der Waals surface area (Å²) in [7, 11) is 3.33. The van der Waals surface area contributed by atoms with Gasteiger partial charge in [0.25, 0.3) is 0 Å². The van der Waals surface area contributed by atoms with Gasteiger partial charge in [0.1, 0.15) is 5.82 Å². The predicted molar refractivity (Wildman–Crippen MR) is 81.2 cm³/mol. The number of halogens is 1. The van der Waals surface area contributed by atoms with Crippen LogP contribution in [0, 0.1) is 5.82 Å². The SMILES string of the molecule is COCCNCC(CCOCCOC)c1cccc(F)c1. The van der Waals surface area contributed by atoms with Crippen LogP contribution < -0.4 is 5.32 Å². The fraction of sp³-hybridized carbons (Fsp3) is 0.625. The largest absolute Gasteiger partial charge is 0.383 e. The van der Waals surface area contributed by atoms with Crippen molar-refractivity contribution in [2.75, 3.05) is 53.7 Å². The summed E-state index contributed by atoms with van der Waals surface area (Å²) in [5, 5.41) is 3.33. The molecule has 0 aliphatic rings. The summed E-state index contributed by atoms with van der Waals surface area (Å²) < 4.78 is 28.8. The molecule has 0 aliphatic carbocycles. The lowest BCUT2D eigenvalue weighted by molar-refractivity contribution is 0.0669. The lowest BCUT2D eigenvalue weighted by atomic mass is 9.96. The maximum Gasteiger partial charge on any atom is 0.123 e. The summed E-state index contributed by atoms with van der Waals surface area (Å²) in [5.74, 6) is 0.0230. The van der Waals surface area contributed by atoms with E-state index in [2.05, 4.69) is 5.32 Å². The average molecular weight is 299 g/mol. The number of nitrogens with one attached hydrogen (secondary N) is 1. The van der Waals surface area contributed by atoms with Gasteiger partial charge in [-0.2, -0.15) is 0 Å². The normalized spacial score (nSPS) is 12.5. The molecule has 0 bridgehead atoms. The molecule has 0 saturated carbocycles. The van der Waals surface area contributed by atoms with E-state index in [0.29, 0.717) is 26.4 Å². The smallest absolute Gasteiger partial charge is 0.123 e. The summed E-state index contributed by atoms with van der Waals surface area (Å²) in [4.78, 5) is 0. The van der Waals surface area contributed by atoms with E-state index in [4.69, 9.17) is 14.2 Å². The predicted octanol–water partition coefficient (Wildman–Crippen LogP) is 2.20. The number of methoxy groups -OCH3 is 2. The molecule has 4 nitrogen and oxygen atoms in total. The summed E-state index contributed by atoms with van der Waals surface area (Å²) >= 11 is 0. The highest BCUT2D eigenvalue weighted by Gasteiger charge is 2.12. The van der Waals surface area contributed by atoms with Crippen molar-refractivity contribution < 1.29 is 18.6 Å². The topological polar surface area (TPSA) is 39.7 Å². The van der Waals surface area contributed by atoms with Gasteiger partial charge in [-0.25, -0.2) is 4.39 Å². The molecule has 0 spiro atoms.